The fourth-order valence-electron chi connectivity index (χ4n) is 2.50. The molecule has 2 unspecified atom stereocenters. The molecule has 106 valence electrons. The molecular formula is C13H21BrN4O. The lowest BCUT2D eigenvalue weighted by atomic mass is 9.85. The SMILES string of the molecule is CCNc1ncc(Br)c(NC2CCCCC2CO)n1. The van der Waals surface area contributed by atoms with Crippen molar-refractivity contribution in [1.29, 1.82) is 0 Å². The predicted octanol–water partition coefficient (Wildman–Crippen LogP) is 2.63. The maximum Gasteiger partial charge on any atom is 0.224 e. The van der Waals surface area contributed by atoms with Gasteiger partial charge in [-0.3, -0.25) is 0 Å². The molecule has 1 aromatic heterocycles. The smallest absolute Gasteiger partial charge is 0.224 e. The number of hydrogen-bond donors (Lipinski definition) is 3. The van der Waals surface area contributed by atoms with Gasteiger partial charge < -0.3 is 15.7 Å². The van der Waals surface area contributed by atoms with Gasteiger partial charge in [0.2, 0.25) is 5.95 Å². The average Bonchev–Trinajstić information content (AvgIpc) is 2.43. The van der Waals surface area contributed by atoms with Gasteiger partial charge in [0.25, 0.3) is 0 Å². The zero-order valence-electron chi connectivity index (χ0n) is 11.2. The van der Waals surface area contributed by atoms with E-state index in [2.05, 4.69) is 36.5 Å². The van der Waals surface area contributed by atoms with Gasteiger partial charge in [-0.05, 0) is 35.7 Å². The molecule has 6 heteroatoms. The van der Waals surface area contributed by atoms with Crippen LogP contribution in [0.25, 0.3) is 0 Å². The van der Waals surface area contributed by atoms with Crippen LogP contribution in [0.2, 0.25) is 0 Å². The molecule has 1 heterocycles. The van der Waals surface area contributed by atoms with E-state index in [0.717, 1.165) is 29.7 Å². The Morgan fingerprint density at radius 2 is 2.21 bits per heavy atom. The monoisotopic (exact) mass is 328 g/mol. The van der Waals surface area contributed by atoms with Crippen molar-refractivity contribution in [3.8, 4) is 0 Å². The van der Waals surface area contributed by atoms with Gasteiger partial charge in [0.1, 0.15) is 5.82 Å². The lowest BCUT2D eigenvalue weighted by Crippen LogP contribution is -2.34. The molecule has 0 radical (unpaired) electrons. The second kappa shape index (κ2) is 7.05. The van der Waals surface area contributed by atoms with Gasteiger partial charge in [-0.25, -0.2) is 4.98 Å². The number of aliphatic hydroxyl groups is 1. The van der Waals surface area contributed by atoms with Crippen LogP contribution in [0.1, 0.15) is 32.6 Å². The molecule has 5 nitrogen and oxygen atoms in total. The minimum Gasteiger partial charge on any atom is -0.396 e. The fourth-order valence-corrected chi connectivity index (χ4v) is 2.81. The minimum absolute atomic E-state index is 0.237. The molecule has 2 rings (SSSR count). The molecule has 2 atom stereocenters. The van der Waals surface area contributed by atoms with E-state index >= 15 is 0 Å². The number of nitrogens with zero attached hydrogens (tertiary/aromatic N) is 2. The van der Waals surface area contributed by atoms with Gasteiger partial charge in [-0.15, -0.1) is 0 Å². The highest BCUT2D eigenvalue weighted by Gasteiger charge is 2.25. The van der Waals surface area contributed by atoms with E-state index in [-0.39, 0.29) is 6.61 Å². The number of rotatable bonds is 5. The maximum atomic E-state index is 9.45. The summed E-state index contributed by atoms with van der Waals surface area (Å²) < 4.78 is 0.858. The van der Waals surface area contributed by atoms with Gasteiger partial charge in [0.15, 0.2) is 0 Å². The van der Waals surface area contributed by atoms with E-state index in [1.54, 1.807) is 6.20 Å². The first-order chi connectivity index (χ1) is 9.24. The van der Waals surface area contributed by atoms with Crippen molar-refractivity contribution in [3.63, 3.8) is 0 Å². The minimum atomic E-state index is 0.237. The molecule has 3 N–H and O–H groups in total. The van der Waals surface area contributed by atoms with Crippen LogP contribution >= 0.6 is 15.9 Å². The van der Waals surface area contributed by atoms with Crippen LogP contribution in [-0.2, 0) is 0 Å². The van der Waals surface area contributed by atoms with Gasteiger partial charge in [-0.1, -0.05) is 12.8 Å². The van der Waals surface area contributed by atoms with E-state index in [4.69, 9.17) is 0 Å². The number of halogens is 1. The molecule has 1 aliphatic carbocycles. The Morgan fingerprint density at radius 3 is 2.95 bits per heavy atom. The lowest BCUT2D eigenvalue weighted by molar-refractivity contribution is 0.178. The van der Waals surface area contributed by atoms with Crippen LogP contribution < -0.4 is 10.6 Å². The molecule has 0 saturated heterocycles. The zero-order valence-corrected chi connectivity index (χ0v) is 12.8. The van der Waals surface area contributed by atoms with Crippen molar-refractivity contribution in [2.24, 2.45) is 5.92 Å². The molecule has 1 aromatic rings. The summed E-state index contributed by atoms with van der Waals surface area (Å²) in [6.45, 7) is 3.05. The number of aromatic nitrogens is 2. The van der Waals surface area contributed by atoms with Crippen LogP contribution in [0.15, 0.2) is 10.7 Å². The Kier molecular flexibility index (Phi) is 5.39. The van der Waals surface area contributed by atoms with Crippen molar-refractivity contribution in [2.45, 2.75) is 38.6 Å². The summed E-state index contributed by atoms with van der Waals surface area (Å²) in [5, 5.41) is 16.0. The second-order valence-corrected chi connectivity index (χ2v) is 5.75. The molecule has 0 aliphatic heterocycles. The van der Waals surface area contributed by atoms with Crippen LogP contribution in [0.4, 0.5) is 11.8 Å². The van der Waals surface area contributed by atoms with E-state index in [0.29, 0.717) is 17.9 Å². The summed E-state index contributed by atoms with van der Waals surface area (Å²) in [6, 6.07) is 0.291. The number of anilines is 2. The standard InChI is InChI=1S/C13H21BrN4O/c1-2-15-13-16-7-10(14)12(18-13)17-11-6-4-3-5-9(11)8-19/h7,9,11,19H,2-6,8H2,1H3,(H2,15,16,17,18). The molecule has 1 aliphatic rings. The second-order valence-electron chi connectivity index (χ2n) is 4.90. The summed E-state index contributed by atoms with van der Waals surface area (Å²) in [7, 11) is 0. The molecule has 0 amide bonds. The highest BCUT2D eigenvalue weighted by Crippen LogP contribution is 2.29. The normalized spacial score (nSPS) is 23.1. The van der Waals surface area contributed by atoms with E-state index in [1.165, 1.54) is 12.8 Å². The molecule has 0 bridgehead atoms. The largest absolute Gasteiger partial charge is 0.396 e. The van der Waals surface area contributed by atoms with E-state index < -0.39 is 0 Å². The van der Waals surface area contributed by atoms with E-state index in [1.807, 2.05) is 6.92 Å². The third kappa shape index (κ3) is 3.79. The number of nitrogens with one attached hydrogen (secondary N) is 2. The Morgan fingerprint density at radius 1 is 1.42 bits per heavy atom. The Labute approximate surface area is 122 Å². The van der Waals surface area contributed by atoms with Crippen LogP contribution in [0.5, 0.6) is 0 Å². The summed E-state index contributed by atoms with van der Waals surface area (Å²) >= 11 is 3.47. The number of aliphatic hydroxyl groups excluding tert-OH is 1. The van der Waals surface area contributed by atoms with Crippen LogP contribution in [-0.4, -0.2) is 34.3 Å². The van der Waals surface area contributed by atoms with Crippen molar-refractivity contribution in [1.82, 2.24) is 9.97 Å². The van der Waals surface area contributed by atoms with Crippen molar-refractivity contribution < 1.29 is 5.11 Å². The highest BCUT2D eigenvalue weighted by atomic mass is 79.9. The maximum absolute atomic E-state index is 9.45. The summed E-state index contributed by atoms with van der Waals surface area (Å²) in [4.78, 5) is 8.67. The third-order valence-electron chi connectivity index (χ3n) is 3.54. The Hall–Kier alpha value is -0.880. The van der Waals surface area contributed by atoms with Gasteiger partial charge in [-0.2, -0.15) is 4.98 Å². The Balaban J connectivity index is 2.10. The van der Waals surface area contributed by atoms with Gasteiger partial charge in [0, 0.05) is 31.3 Å². The predicted molar refractivity (Wildman–Crippen MR) is 80.4 cm³/mol. The van der Waals surface area contributed by atoms with Gasteiger partial charge in [0.05, 0.1) is 4.47 Å². The van der Waals surface area contributed by atoms with E-state index in [9.17, 15) is 5.11 Å². The average molecular weight is 329 g/mol. The number of hydrogen-bond acceptors (Lipinski definition) is 5. The quantitative estimate of drug-likeness (QED) is 0.775. The summed E-state index contributed by atoms with van der Waals surface area (Å²) in [5.41, 5.74) is 0. The van der Waals surface area contributed by atoms with Crippen molar-refractivity contribution in [2.75, 3.05) is 23.8 Å². The summed E-state index contributed by atoms with van der Waals surface area (Å²) in [6.07, 6.45) is 6.33. The molecule has 0 aromatic carbocycles. The third-order valence-corrected chi connectivity index (χ3v) is 4.13. The van der Waals surface area contributed by atoms with Crippen LogP contribution in [0, 0.1) is 5.92 Å². The Bertz CT molecular complexity index is 416. The first kappa shape index (κ1) is 14.5. The first-order valence-corrected chi connectivity index (χ1v) is 7.67. The molecule has 0 spiro atoms. The highest BCUT2D eigenvalue weighted by molar-refractivity contribution is 9.10. The molecule has 1 saturated carbocycles. The molecule has 19 heavy (non-hydrogen) atoms. The first-order valence-electron chi connectivity index (χ1n) is 6.88. The molecular weight excluding hydrogens is 308 g/mol. The van der Waals surface area contributed by atoms with Gasteiger partial charge >= 0.3 is 0 Å². The lowest BCUT2D eigenvalue weighted by Gasteiger charge is -2.31. The van der Waals surface area contributed by atoms with Crippen LogP contribution in [0.3, 0.4) is 0 Å². The summed E-state index contributed by atoms with van der Waals surface area (Å²) in [5.74, 6) is 1.75. The fraction of sp³-hybridized carbons (Fsp3) is 0.692. The van der Waals surface area contributed by atoms with Crippen molar-refractivity contribution >= 4 is 27.7 Å². The molecule has 1 fully saturated rings. The topological polar surface area (TPSA) is 70.1 Å². The van der Waals surface area contributed by atoms with Crippen molar-refractivity contribution in [3.05, 3.63) is 10.7 Å². The zero-order chi connectivity index (χ0) is 13.7.